The van der Waals surface area contributed by atoms with Crippen LogP contribution in [-0.4, -0.2) is 23.0 Å². The van der Waals surface area contributed by atoms with Crippen LogP contribution in [0.25, 0.3) is 10.9 Å². The van der Waals surface area contributed by atoms with Crippen LogP contribution >= 0.6 is 39.1 Å². The molecule has 4 aromatic rings. The molecule has 0 unspecified atom stereocenters. The molecule has 3 aromatic carbocycles. The van der Waals surface area contributed by atoms with Gasteiger partial charge in [-0.1, -0.05) is 51.3 Å². The van der Waals surface area contributed by atoms with Crippen LogP contribution in [0.5, 0.6) is 11.5 Å². The molecule has 0 saturated carbocycles. The van der Waals surface area contributed by atoms with Crippen LogP contribution in [0.3, 0.4) is 0 Å². The maximum atomic E-state index is 13.0. The van der Waals surface area contributed by atoms with E-state index in [1.165, 1.54) is 4.68 Å². The van der Waals surface area contributed by atoms with E-state index in [-0.39, 0.29) is 12.2 Å². The molecule has 0 fully saturated rings. The van der Waals surface area contributed by atoms with Crippen LogP contribution in [0.4, 0.5) is 0 Å². The highest BCUT2D eigenvalue weighted by molar-refractivity contribution is 9.10. The third kappa shape index (κ3) is 5.05. The molecule has 9 heteroatoms. The first kappa shape index (κ1) is 23.3. The van der Waals surface area contributed by atoms with Gasteiger partial charge in [-0.3, -0.25) is 4.79 Å². The van der Waals surface area contributed by atoms with Gasteiger partial charge in [-0.2, -0.15) is 9.78 Å². The van der Waals surface area contributed by atoms with Gasteiger partial charge in [0.25, 0.3) is 5.56 Å². The quantitative estimate of drug-likeness (QED) is 0.268. The molecule has 0 aliphatic rings. The summed E-state index contributed by atoms with van der Waals surface area (Å²) in [5.74, 6) is 1.45. The maximum Gasteiger partial charge on any atom is 0.282 e. The van der Waals surface area contributed by atoms with E-state index in [1.807, 2.05) is 18.2 Å². The first-order valence-corrected chi connectivity index (χ1v) is 11.4. The van der Waals surface area contributed by atoms with Crippen LogP contribution in [0, 0.1) is 6.92 Å². The van der Waals surface area contributed by atoms with Crippen LogP contribution < -0.4 is 15.0 Å². The topological polar surface area (TPSA) is 65.7 Å². The minimum Gasteiger partial charge on any atom is -0.493 e. The van der Waals surface area contributed by atoms with Gasteiger partial charge in [0.05, 0.1) is 24.2 Å². The zero-order valence-corrected chi connectivity index (χ0v) is 20.8. The second-order valence-electron chi connectivity index (χ2n) is 7.09. The molecular weight excluding hydrogens is 529 g/mol. The first-order chi connectivity index (χ1) is 15.9. The summed E-state index contributed by atoms with van der Waals surface area (Å²) < 4.78 is 13.6. The van der Waals surface area contributed by atoms with Crippen molar-refractivity contribution in [2.45, 2.75) is 13.5 Å². The molecule has 6 nitrogen and oxygen atoms in total. The number of ether oxygens (including phenoxy) is 2. The molecule has 0 amide bonds. The van der Waals surface area contributed by atoms with E-state index in [2.05, 4.69) is 26.0 Å². The van der Waals surface area contributed by atoms with E-state index < -0.39 is 0 Å². The Balaban J connectivity index is 1.71. The second kappa shape index (κ2) is 9.95. The fraction of sp³-hybridized carbons (Fsp3) is 0.125. The lowest BCUT2D eigenvalue weighted by molar-refractivity contribution is 0.284. The fourth-order valence-corrected chi connectivity index (χ4v) is 4.08. The van der Waals surface area contributed by atoms with Gasteiger partial charge in [0, 0.05) is 25.6 Å². The van der Waals surface area contributed by atoms with Gasteiger partial charge in [-0.05, 0) is 49.4 Å². The molecule has 0 N–H and O–H groups in total. The van der Waals surface area contributed by atoms with E-state index in [9.17, 15) is 4.79 Å². The predicted molar refractivity (Wildman–Crippen MR) is 135 cm³/mol. The minimum absolute atomic E-state index is 0.196. The summed E-state index contributed by atoms with van der Waals surface area (Å²) in [4.78, 5) is 17.5. The van der Waals surface area contributed by atoms with Gasteiger partial charge in [0.1, 0.15) is 12.4 Å². The zero-order chi connectivity index (χ0) is 23.5. The molecule has 0 spiro atoms. The number of fused-ring (bicyclic) bond motifs is 1. The number of methoxy groups -OCH3 is 1. The standard InChI is InChI=1S/C24H18BrCl2N3O3/c1-14-29-21-9-7-17(25)10-19(21)24(31)30(14)28-12-15-4-3-5-22(32-2)23(15)33-13-16-6-8-18(26)11-20(16)27/h3-12H,13H2,1-2H3. The van der Waals surface area contributed by atoms with Crippen molar-refractivity contribution in [3.63, 3.8) is 0 Å². The summed E-state index contributed by atoms with van der Waals surface area (Å²) in [7, 11) is 1.55. The lowest BCUT2D eigenvalue weighted by Crippen LogP contribution is -2.20. The number of para-hydroxylation sites is 1. The molecule has 4 rings (SSSR count). The van der Waals surface area contributed by atoms with Crippen LogP contribution in [0.1, 0.15) is 17.0 Å². The highest BCUT2D eigenvalue weighted by atomic mass is 79.9. The largest absolute Gasteiger partial charge is 0.493 e. The molecule has 1 heterocycles. The van der Waals surface area contributed by atoms with E-state index in [1.54, 1.807) is 56.6 Å². The van der Waals surface area contributed by atoms with Gasteiger partial charge >= 0.3 is 0 Å². The Kier molecular flexibility index (Phi) is 7.02. The Morgan fingerprint density at radius 2 is 1.97 bits per heavy atom. The van der Waals surface area contributed by atoms with Gasteiger partial charge < -0.3 is 9.47 Å². The zero-order valence-electron chi connectivity index (χ0n) is 17.7. The number of halogens is 3. The molecule has 1 aromatic heterocycles. The van der Waals surface area contributed by atoms with Crippen LogP contribution in [0.2, 0.25) is 10.0 Å². The second-order valence-corrected chi connectivity index (χ2v) is 8.84. The third-order valence-electron chi connectivity index (χ3n) is 4.90. The van der Waals surface area contributed by atoms with E-state index in [4.69, 9.17) is 32.7 Å². The lowest BCUT2D eigenvalue weighted by Gasteiger charge is -2.14. The smallest absolute Gasteiger partial charge is 0.282 e. The van der Waals surface area contributed by atoms with Crippen molar-refractivity contribution in [3.8, 4) is 11.5 Å². The van der Waals surface area contributed by atoms with Crippen molar-refractivity contribution >= 4 is 56.2 Å². The lowest BCUT2D eigenvalue weighted by atomic mass is 10.2. The number of rotatable bonds is 6. The van der Waals surface area contributed by atoms with Crippen molar-refractivity contribution < 1.29 is 9.47 Å². The Bertz CT molecular complexity index is 1440. The first-order valence-electron chi connectivity index (χ1n) is 9.84. The number of aromatic nitrogens is 2. The number of nitrogens with zero attached hydrogens (tertiary/aromatic N) is 3. The highest BCUT2D eigenvalue weighted by Gasteiger charge is 2.12. The summed E-state index contributed by atoms with van der Waals surface area (Å²) in [6.07, 6.45) is 1.54. The van der Waals surface area contributed by atoms with Crippen LogP contribution in [-0.2, 0) is 6.61 Å². The average Bonchev–Trinajstić information content (AvgIpc) is 2.79. The van der Waals surface area contributed by atoms with Gasteiger partial charge in [-0.25, -0.2) is 4.98 Å². The summed E-state index contributed by atoms with van der Waals surface area (Å²) >= 11 is 15.6. The number of aryl methyl sites for hydroxylation is 1. The van der Waals surface area contributed by atoms with Gasteiger partial charge in [0.2, 0.25) is 0 Å². The summed E-state index contributed by atoms with van der Waals surface area (Å²) in [5, 5.41) is 5.91. The third-order valence-corrected chi connectivity index (χ3v) is 5.98. The summed E-state index contributed by atoms with van der Waals surface area (Å²) in [6.45, 7) is 1.92. The fourth-order valence-electron chi connectivity index (χ4n) is 3.25. The molecule has 0 aliphatic heterocycles. The predicted octanol–water partition coefficient (Wildman–Crippen LogP) is 6.24. The Hall–Kier alpha value is -2.87. The van der Waals surface area contributed by atoms with Crippen molar-refractivity contribution in [2.75, 3.05) is 7.11 Å². The number of benzene rings is 3. The van der Waals surface area contributed by atoms with Gasteiger partial charge in [0.15, 0.2) is 11.5 Å². The molecule has 0 radical (unpaired) electrons. The Morgan fingerprint density at radius 1 is 1.15 bits per heavy atom. The summed E-state index contributed by atoms with van der Waals surface area (Å²) in [5.41, 5.74) is 1.73. The number of hydrogen-bond acceptors (Lipinski definition) is 5. The molecule has 0 aliphatic carbocycles. The van der Waals surface area contributed by atoms with E-state index >= 15 is 0 Å². The van der Waals surface area contributed by atoms with E-state index in [0.29, 0.717) is 43.8 Å². The minimum atomic E-state index is -0.270. The van der Waals surface area contributed by atoms with Crippen molar-refractivity contribution in [1.29, 1.82) is 0 Å². The van der Waals surface area contributed by atoms with Crippen molar-refractivity contribution in [1.82, 2.24) is 9.66 Å². The molecule has 0 atom stereocenters. The molecular formula is C24H18BrCl2N3O3. The monoisotopic (exact) mass is 545 g/mol. The Morgan fingerprint density at radius 3 is 2.73 bits per heavy atom. The maximum absolute atomic E-state index is 13.0. The highest BCUT2D eigenvalue weighted by Crippen LogP contribution is 2.32. The van der Waals surface area contributed by atoms with E-state index in [0.717, 1.165) is 10.0 Å². The van der Waals surface area contributed by atoms with Gasteiger partial charge in [-0.15, -0.1) is 0 Å². The van der Waals surface area contributed by atoms with Crippen molar-refractivity contribution in [2.24, 2.45) is 5.10 Å². The van der Waals surface area contributed by atoms with Crippen LogP contribution in [0.15, 0.2) is 69.0 Å². The molecule has 33 heavy (non-hydrogen) atoms. The molecule has 168 valence electrons. The normalized spacial score (nSPS) is 11.3. The molecule has 0 bridgehead atoms. The van der Waals surface area contributed by atoms with Crippen molar-refractivity contribution in [3.05, 3.63) is 96.4 Å². The molecule has 0 saturated heterocycles. The summed E-state index contributed by atoms with van der Waals surface area (Å²) in [6, 6.07) is 16.0. The number of hydrogen-bond donors (Lipinski definition) is 0. The SMILES string of the molecule is COc1cccc(C=Nn2c(C)nc3ccc(Br)cc3c2=O)c1OCc1ccc(Cl)cc1Cl. The average molecular weight is 547 g/mol. The Labute approximate surface area is 208 Å².